The molecule has 4 heteroatoms. The number of nitrogens with two attached hydrogens (primary N) is 1. The molecule has 0 aromatic heterocycles. The molecule has 0 saturated carbocycles. The maximum atomic E-state index is 11.9. The minimum absolute atomic E-state index is 0.0561. The zero-order valence-corrected chi connectivity index (χ0v) is 10.8. The van der Waals surface area contributed by atoms with Crippen LogP contribution in [0.4, 0.5) is 5.69 Å². The largest absolute Gasteiger partial charge is 0.398 e. The molecule has 92 valence electrons. The normalized spacial score (nSPS) is 19.2. The fourth-order valence-electron chi connectivity index (χ4n) is 1.97. The lowest BCUT2D eigenvalue weighted by Gasteiger charge is -2.11. The number of carbonyl (C=O) groups is 1. The molecule has 1 aliphatic rings. The fraction of sp³-hybridized carbons (Fsp3) is 0.462. The Balaban J connectivity index is 1.94. The molecule has 1 aromatic carbocycles. The lowest BCUT2D eigenvalue weighted by Crippen LogP contribution is -2.29. The lowest BCUT2D eigenvalue weighted by molar-refractivity contribution is 0.0949. The Morgan fingerprint density at radius 2 is 2.41 bits per heavy atom. The number of benzene rings is 1. The quantitative estimate of drug-likeness (QED) is 0.807. The highest BCUT2D eigenvalue weighted by molar-refractivity contribution is 7.99. The number of hydrogen-bond donors (Lipinski definition) is 2. The van der Waals surface area contributed by atoms with Crippen LogP contribution >= 0.6 is 11.8 Å². The molecule has 0 bridgehead atoms. The number of nitrogen functional groups attached to an aromatic ring is 1. The monoisotopic (exact) mass is 250 g/mol. The Hall–Kier alpha value is -1.16. The number of carbonyl (C=O) groups excluding carboxylic acids is 1. The predicted molar refractivity (Wildman–Crippen MR) is 73.4 cm³/mol. The second-order valence-electron chi connectivity index (χ2n) is 4.53. The topological polar surface area (TPSA) is 55.1 Å². The van der Waals surface area contributed by atoms with Crippen molar-refractivity contribution in [1.82, 2.24) is 5.32 Å². The van der Waals surface area contributed by atoms with Crippen molar-refractivity contribution in [3.63, 3.8) is 0 Å². The molecule has 2 rings (SSSR count). The molecule has 1 aliphatic heterocycles. The molecule has 0 spiro atoms. The van der Waals surface area contributed by atoms with Gasteiger partial charge in [0.25, 0.3) is 5.91 Å². The van der Waals surface area contributed by atoms with Gasteiger partial charge in [0.2, 0.25) is 0 Å². The Morgan fingerprint density at radius 1 is 1.59 bits per heavy atom. The van der Waals surface area contributed by atoms with E-state index in [1.807, 2.05) is 30.8 Å². The summed E-state index contributed by atoms with van der Waals surface area (Å²) < 4.78 is 0. The van der Waals surface area contributed by atoms with Crippen LogP contribution in [-0.4, -0.2) is 24.0 Å². The van der Waals surface area contributed by atoms with E-state index in [2.05, 4.69) is 5.32 Å². The van der Waals surface area contributed by atoms with Gasteiger partial charge in [0.05, 0.1) is 5.56 Å². The number of aryl methyl sites for hydroxylation is 1. The average Bonchev–Trinajstić information content (AvgIpc) is 2.78. The van der Waals surface area contributed by atoms with Crippen molar-refractivity contribution in [2.24, 2.45) is 5.92 Å². The first-order valence-electron chi connectivity index (χ1n) is 5.89. The Morgan fingerprint density at radius 3 is 3.06 bits per heavy atom. The summed E-state index contributed by atoms with van der Waals surface area (Å²) in [7, 11) is 0. The summed E-state index contributed by atoms with van der Waals surface area (Å²) in [5.41, 5.74) is 8.06. The van der Waals surface area contributed by atoms with E-state index in [9.17, 15) is 4.79 Å². The molecule has 0 aliphatic carbocycles. The van der Waals surface area contributed by atoms with Gasteiger partial charge in [-0.05, 0) is 48.5 Å². The third-order valence-electron chi connectivity index (χ3n) is 3.03. The van der Waals surface area contributed by atoms with Crippen LogP contribution in [0.5, 0.6) is 0 Å². The molecule has 3 nitrogen and oxygen atoms in total. The smallest absolute Gasteiger partial charge is 0.253 e. The summed E-state index contributed by atoms with van der Waals surface area (Å²) in [5, 5.41) is 2.97. The molecule has 1 amide bonds. The standard InChI is InChI=1S/C13H18N2OS/c1-9-2-3-11(12(14)6-9)13(16)15-7-10-4-5-17-8-10/h2-3,6,10H,4-5,7-8,14H2,1H3,(H,15,16). The molecule has 1 aromatic rings. The molecular formula is C13H18N2OS. The van der Waals surface area contributed by atoms with E-state index in [-0.39, 0.29) is 5.91 Å². The van der Waals surface area contributed by atoms with E-state index < -0.39 is 0 Å². The first kappa shape index (κ1) is 12.3. The lowest BCUT2D eigenvalue weighted by atomic mass is 10.1. The Bertz CT molecular complexity index is 414. The van der Waals surface area contributed by atoms with Crippen LogP contribution < -0.4 is 11.1 Å². The summed E-state index contributed by atoms with van der Waals surface area (Å²) in [6, 6.07) is 5.54. The van der Waals surface area contributed by atoms with Crippen molar-refractivity contribution in [1.29, 1.82) is 0 Å². The minimum Gasteiger partial charge on any atom is -0.398 e. The summed E-state index contributed by atoms with van der Waals surface area (Å²) in [5.74, 6) is 2.94. The second-order valence-corrected chi connectivity index (χ2v) is 5.68. The van der Waals surface area contributed by atoms with Gasteiger partial charge in [-0.15, -0.1) is 0 Å². The first-order valence-corrected chi connectivity index (χ1v) is 7.04. The van der Waals surface area contributed by atoms with E-state index in [0.717, 1.165) is 17.9 Å². The summed E-state index contributed by atoms with van der Waals surface area (Å²) in [6.45, 7) is 2.73. The van der Waals surface area contributed by atoms with Crippen molar-refractivity contribution in [3.8, 4) is 0 Å². The van der Waals surface area contributed by atoms with Crippen LogP contribution in [0.25, 0.3) is 0 Å². The van der Waals surface area contributed by atoms with Gasteiger partial charge in [-0.2, -0.15) is 11.8 Å². The molecule has 1 atom stereocenters. The predicted octanol–water partition coefficient (Wildman–Crippen LogP) is 2.06. The Labute approximate surface area is 106 Å². The van der Waals surface area contributed by atoms with Crippen LogP contribution in [0, 0.1) is 12.8 Å². The van der Waals surface area contributed by atoms with Crippen LogP contribution in [0.15, 0.2) is 18.2 Å². The van der Waals surface area contributed by atoms with E-state index in [1.165, 1.54) is 12.2 Å². The number of anilines is 1. The maximum absolute atomic E-state index is 11.9. The van der Waals surface area contributed by atoms with Crippen molar-refractivity contribution in [3.05, 3.63) is 29.3 Å². The third kappa shape index (κ3) is 3.16. The highest BCUT2D eigenvalue weighted by Gasteiger charge is 2.17. The molecule has 0 radical (unpaired) electrons. The van der Waals surface area contributed by atoms with Crippen LogP contribution in [0.2, 0.25) is 0 Å². The highest BCUT2D eigenvalue weighted by Crippen LogP contribution is 2.22. The van der Waals surface area contributed by atoms with Crippen LogP contribution in [0.3, 0.4) is 0 Å². The maximum Gasteiger partial charge on any atom is 0.253 e. The minimum atomic E-state index is -0.0561. The SMILES string of the molecule is Cc1ccc(C(=O)NCC2CCSC2)c(N)c1. The van der Waals surface area contributed by atoms with Crippen molar-refractivity contribution in [2.45, 2.75) is 13.3 Å². The van der Waals surface area contributed by atoms with E-state index >= 15 is 0 Å². The van der Waals surface area contributed by atoms with Gasteiger partial charge >= 0.3 is 0 Å². The first-order chi connectivity index (χ1) is 8.16. The van der Waals surface area contributed by atoms with E-state index in [1.54, 1.807) is 6.07 Å². The zero-order chi connectivity index (χ0) is 12.3. The Kier molecular flexibility index (Phi) is 3.94. The molecule has 3 N–H and O–H groups in total. The molecule has 1 saturated heterocycles. The number of nitrogens with one attached hydrogen (secondary N) is 1. The van der Waals surface area contributed by atoms with Gasteiger partial charge < -0.3 is 11.1 Å². The highest BCUT2D eigenvalue weighted by atomic mass is 32.2. The van der Waals surface area contributed by atoms with Gasteiger partial charge in [-0.3, -0.25) is 4.79 Å². The van der Waals surface area contributed by atoms with Crippen LogP contribution in [-0.2, 0) is 0 Å². The number of hydrogen-bond acceptors (Lipinski definition) is 3. The van der Waals surface area contributed by atoms with Gasteiger partial charge in [-0.25, -0.2) is 0 Å². The molecule has 1 heterocycles. The van der Waals surface area contributed by atoms with E-state index in [4.69, 9.17) is 5.73 Å². The third-order valence-corrected chi connectivity index (χ3v) is 4.26. The van der Waals surface area contributed by atoms with E-state index in [0.29, 0.717) is 17.2 Å². The summed E-state index contributed by atoms with van der Waals surface area (Å²) in [6.07, 6.45) is 1.20. The second kappa shape index (κ2) is 5.45. The number of thioether (sulfide) groups is 1. The van der Waals surface area contributed by atoms with Crippen molar-refractivity contribution < 1.29 is 4.79 Å². The van der Waals surface area contributed by atoms with Gasteiger partial charge in [0.15, 0.2) is 0 Å². The summed E-state index contributed by atoms with van der Waals surface area (Å²) >= 11 is 1.96. The van der Waals surface area contributed by atoms with Gasteiger partial charge in [0.1, 0.15) is 0 Å². The molecule has 17 heavy (non-hydrogen) atoms. The van der Waals surface area contributed by atoms with Gasteiger partial charge in [-0.1, -0.05) is 6.07 Å². The summed E-state index contributed by atoms with van der Waals surface area (Å²) in [4.78, 5) is 11.9. The number of amides is 1. The van der Waals surface area contributed by atoms with Crippen molar-refractivity contribution in [2.75, 3.05) is 23.8 Å². The average molecular weight is 250 g/mol. The number of rotatable bonds is 3. The zero-order valence-electron chi connectivity index (χ0n) is 10.0. The fourth-order valence-corrected chi connectivity index (χ4v) is 3.25. The molecule has 1 fully saturated rings. The van der Waals surface area contributed by atoms with Crippen LogP contribution in [0.1, 0.15) is 22.3 Å². The molecular weight excluding hydrogens is 232 g/mol. The van der Waals surface area contributed by atoms with Crippen molar-refractivity contribution >= 4 is 23.4 Å². The van der Waals surface area contributed by atoms with Gasteiger partial charge in [0, 0.05) is 12.2 Å². The molecule has 1 unspecified atom stereocenters.